The Hall–Kier alpha value is -2.59. The van der Waals surface area contributed by atoms with E-state index >= 15 is 0 Å². The molecule has 0 atom stereocenters. The fraction of sp³-hybridized carbons (Fsp3) is 0. The van der Waals surface area contributed by atoms with Gasteiger partial charge in [-0.1, -0.05) is 40.2 Å². The molecule has 0 aliphatic rings. The summed E-state index contributed by atoms with van der Waals surface area (Å²) in [7, 11) is 0. The Balaban J connectivity index is 1.69. The number of rotatable bonds is 2. The van der Waals surface area contributed by atoms with Crippen molar-refractivity contribution in [2.75, 3.05) is 5.32 Å². The third kappa shape index (κ3) is 2.62. The zero-order chi connectivity index (χ0) is 15.8. The van der Waals surface area contributed by atoms with Gasteiger partial charge in [-0.15, -0.1) is 0 Å². The summed E-state index contributed by atoms with van der Waals surface area (Å²) in [6.07, 6.45) is 0. The molecule has 3 aromatic carbocycles. The minimum absolute atomic E-state index is 0.151. The number of amides is 1. The quantitative estimate of drug-likeness (QED) is 0.502. The lowest BCUT2D eigenvalue weighted by Crippen LogP contribution is -2.11. The number of nitrogens with one attached hydrogen (secondary N) is 1. The first-order chi connectivity index (χ1) is 11.2. The average molecular weight is 366 g/mol. The fourth-order valence-corrected chi connectivity index (χ4v) is 3.04. The molecule has 0 unspecified atom stereocenters. The third-order valence-electron chi connectivity index (χ3n) is 3.72. The highest BCUT2D eigenvalue weighted by Crippen LogP contribution is 2.30. The van der Waals surface area contributed by atoms with Crippen molar-refractivity contribution >= 4 is 49.5 Å². The standard InChI is InChI=1S/C19H12BrNO2/c20-13-5-3-4-12(10-13)19(22)21-14-8-9-16-15-6-1-2-7-17(15)23-18(16)11-14/h1-11H,(H,21,22). The molecule has 0 saturated carbocycles. The number of anilines is 1. The highest BCUT2D eigenvalue weighted by molar-refractivity contribution is 9.10. The molecule has 23 heavy (non-hydrogen) atoms. The summed E-state index contributed by atoms with van der Waals surface area (Å²) in [6, 6.07) is 20.9. The normalized spacial score (nSPS) is 11.0. The topological polar surface area (TPSA) is 42.2 Å². The molecule has 112 valence electrons. The summed E-state index contributed by atoms with van der Waals surface area (Å²) in [5.41, 5.74) is 2.92. The lowest BCUT2D eigenvalue weighted by molar-refractivity contribution is 0.102. The minimum Gasteiger partial charge on any atom is -0.456 e. The van der Waals surface area contributed by atoms with Crippen LogP contribution in [0.15, 0.2) is 75.6 Å². The van der Waals surface area contributed by atoms with E-state index in [4.69, 9.17) is 4.42 Å². The van der Waals surface area contributed by atoms with E-state index in [2.05, 4.69) is 21.2 Å². The molecule has 0 aliphatic carbocycles. The van der Waals surface area contributed by atoms with Gasteiger partial charge >= 0.3 is 0 Å². The van der Waals surface area contributed by atoms with Crippen LogP contribution in [0, 0.1) is 0 Å². The van der Waals surface area contributed by atoms with E-state index in [1.807, 2.05) is 54.6 Å². The molecular weight excluding hydrogens is 354 g/mol. The van der Waals surface area contributed by atoms with Crippen LogP contribution in [-0.2, 0) is 0 Å². The lowest BCUT2D eigenvalue weighted by atomic mass is 10.1. The van der Waals surface area contributed by atoms with Gasteiger partial charge in [0.25, 0.3) is 5.91 Å². The van der Waals surface area contributed by atoms with Crippen LogP contribution in [0.5, 0.6) is 0 Å². The number of furan rings is 1. The number of para-hydroxylation sites is 1. The molecule has 0 radical (unpaired) electrons. The number of fused-ring (bicyclic) bond motifs is 3. The van der Waals surface area contributed by atoms with Crippen molar-refractivity contribution in [3.8, 4) is 0 Å². The molecule has 4 aromatic rings. The van der Waals surface area contributed by atoms with Gasteiger partial charge < -0.3 is 9.73 Å². The smallest absolute Gasteiger partial charge is 0.255 e. The fourth-order valence-electron chi connectivity index (χ4n) is 2.64. The highest BCUT2D eigenvalue weighted by atomic mass is 79.9. The maximum atomic E-state index is 12.3. The Labute approximate surface area is 141 Å². The van der Waals surface area contributed by atoms with Crippen LogP contribution in [-0.4, -0.2) is 5.91 Å². The van der Waals surface area contributed by atoms with E-state index in [9.17, 15) is 4.79 Å². The van der Waals surface area contributed by atoms with E-state index in [-0.39, 0.29) is 5.91 Å². The highest BCUT2D eigenvalue weighted by Gasteiger charge is 2.10. The largest absolute Gasteiger partial charge is 0.456 e. The van der Waals surface area contributed by atoms with Crippen LogP contribution in [0.4, 0.5) is 5.69 Å². The van der Waals surface area contributed by atoms with E-state index in [0.717, 1.165) is 26.4 Å². The van der Waals surface area contributed by atoms with Gasteiger partial charge in [-0.05, 0) is 36.4 Å². The predicted molar refractivity (Wildman–Crippen MR) is 95.8 cm³/mol. The van der Waals surface area contributed by atoms with Gasteiger partial charge in [0.05, 0.1) is 0 Å². The van der Waals surface area contributed by atoms with Crippen molar-refractivity contribution in [2.24, 2.45) is 0 Å². The number of benzene rings is 3. The first kappa shape index (κ1) is 14.0. The molecule has 0 spiro atoms. The van der Waals surface area contributed by atoms with Crippen LogP contribution in [0.25, 0.3) is 21.9 Å². The van der Waals surface area contributed by atoms with Gasteiger partial charge in [-0.3, -0.25) is 4.79 Å². The van der Waals surface area contributed by atoms with Gasteiger partial charge in [-0.25, -0.2) is 0 Å². The van der Waals surface area contributed by atoms with Gasteiger partial charge in [0, 0.05) is 32.6 Å². The second-order valence-electron chi connectivity index (χ2n) is 5.27. The Bertz CT molecular complexity index is 1040. The summed E-state index contributed by atoms with van der Waals surface area (Å²) in [5, 5.41) is 5.02. The summed E-state index contributed by atoms with van der Waals surface area (Å²) < 4.78 is 6.71. The van der Waals surface area contributed by atoms with Crippen molar-refractivity contribution in [3.05, 3.63) is 76.8 Å². The monoisotopic (exact) mass is 365 g/mol. The van der Waals surface area contributed by atoms with Gasteiger partial charge in [0.15, 0.2) is 0 Å². The third-order valence-corrected chi connectivity index (χ3v) is 4.22. The number of hydrogen-bond donors (Lipinski definition) is 1. The second kappa shape index (κ2) is 5.56. The zero-order valence-electron chi connectivity index (χ0n) is 12.0. The van der Waals surface area contributed by atoms with E-state index < -0.39 is 0 Å². The first-order valence-electron chi connectivity index (χ1n) is 7.19. The summed E-state index contributed by atoms with van der Waals surface area (Å²) in [4.78, 5) is 12.3. The number of halogens is 1. The molecule has 1 heterocycles. The molecule has 0 fully saturated rings. The van der Waals surface area contributed by atoms with Crippen molar-refractivity contribution in [1.82, 2.24) is 0 Å². The van der Waals surface area contributed by atoms with Gasteiger partial charge in [-0.2, -0.15) is 0 Å². The molecule has 4 rings (SSSR count). The van der Waals surface area contributed by atoms with Gasteiger partial charge in [0.2, 0.25) is 0 Å². The summed E-state index contributed by atoms with van der Waals surface area (Å²) in [5.74, 6) is -0.151. The van der Waals surface area contributed by atoms with Crippen molar-refractivity contribution in [3.63, 3.8) is 0 Å². The van der Waals surface area contributed by atoms with Crippen LogP contribution >= 0.6 is 15.9 Å². The first-order valence-corrected chi connectivity index (χ1v) is 7.98. The molecule has 0 bridgehead atoms. The molecule has 3 nitrogen and oxygen atoms in total. The summed E-state index contributed by atoms with van der Waals surface area (Å²) in [6.45, 7) is 0. The van der Waals surface area contributed by atoms with Crippen LogP contribution in [0.3, 0.4) is 0 Å². The summed E-state index contributed by atoms with van der Waals surface area (Å²) >= 11 is 3.37. The number of carbonyl (C=O) groups is 1. The molecule has 1 aromatic heterocycles. The average Bonchev–Trinajstić information content (AvgIpc) is 2.92. The van der Waals surface area contributed by atoms with Crippen molar-refractivity contribution in [2.45, 2.75) is 0 Å². The number of hydrogen-bond acceptors (Lipinski definition) is 2. The van der Waals surface area contributed by atoms with Crippen LogP contribution in [0.2, 0.25) is 0 Å². The molecular formula is C19H12BrNO2. The van der Waals surface area contributed by atoms with E-state index in [1.54, 1.807) is 12.1 Å². The van der Waals surface area contributed by atoms with Crippen LogP contribution < -0.4 is 5.32 Å². The second-order valence-corrected chi connectivity index (χ2v) is 6.19. The molecule has 0 saturated heterocycles. The van der Waals surface area contributed by atoms with Crippen molar-refractivity contribution in [1.29, 1.82) is 0 Å². The Morgan fingerprint density at radius 1 is 0.870 bits per heavy atom. The SMILES string of the molecule is O=C(Nc1ccc2c(c1)oc1ccccc12)c1cccc(Br)c1. The van der Waals surface area contributed by atoms with E-state index in [1.165, 1.54) is 0 Å². The molecule has 1 amide bonds. The lowest BCUT2D eigenvalue weighted by Gasteiger charge is -2.05. The maximum Gasteiger partial charge on any atom is 0.255 e. The van der Waals surface area contributed by atoms with E-state index in [0.29, 0.717) is 11.3 Å². The Morgan fingerprint density at radius 2 is 1.70 bits per heavy atom. The van der Waals surface area contributed by atoms with Crippen LogP contribution in [0.1, 0.15) is 10.4 Å². The zero-order valence-corrected chi connectivity index (χ0v) is 13.6. The molecule has 1 N–H and O–H groups in total. The van der Waals surface area contributed by atoms with Gasteiger partial charge in [0.1, 0.15) is 11.2 Å². The Kier molecular flexibility index (Phi) is 3.39. The maximum absolute atomic E-state index is 12.3. The minimum atomic E-state index is -0.151. The molecule has 4 heteroatoms. The molecule has 0 aliphatic heterocycles. The Morgan fingerprint density at radius 3 is 2.57 bits per heavy atom. The van der Waals surface area contributed by atoms with Crippen molar-refractivity contribution < 1.29 is 9.21 Å². The predicted octanol–water partition coefficient (Wildman–Crippen LogP) is 5.60. The number of carbonyl (C=O) groups excluding carboxylic acids is 1.